The lowest BCUT2D eigenvalue weighted by molar-refractivity contribution is 1.13. The highest BCUT2D eigenvalue weighted by Crippen LogP contribution is 2.27. The minimum atomic E-state index is 0.500. The van der Waals surface area contributed by atoms with E-state index in [-0.39, 0.29) is 0 Å². The highest BCUT2D eigenvalue weighted by atomic mass is 15.1. The van der Waals surface area contributed by atoms with E-state index in [1.165, 1.54) is 0 Å². The number of fused-ring (bicyclic) bond motifs is 1. The maximum absolute atomic E-state index is 6.26. The maximum atomic E-state index is 6.26. The van der Waals surface area contributed by atoms with E-state index in [1.807, 2.05) is 38.6 Å². The van der Waals surface area contributed by atoms with E-state index >= 15 is 0 Å². The van der Waals surface area contributed by atoms with Gasteiger partial charge in [-0.15, -0.1) is 0 Å². The molecule has 0 aliphatic heterocycles. The Labute approximate surface area is 158 Å². The molecule has 2 N–H and O–H groups in total. The summed E-state index contributed by atoms with van der Waals surface area (Å²) in [4.78, 5) is 15.5. The normalized spacial score (nSPS) is 10.9. The Morgan fingerprint density at radius 2 is 1.78 bits per heavy atom. The number of pyridine rings is 3. The largest absolute Gasteiger partial charge is 0.383 e. The number of benzene rings is 1. The second kappa shape index (κ2) is 7.03. The van der Waals surface area contributed by atoms with Crippen LogP contribution < -0.4 is 10.6 Å². The molecule has 5 heteroatoms. The van der Waals surface area contributed by atoms with Gasteiger partial charge in [0.05, 0.1) is 11.2 Å². The van der Waals surface area contributed by atoms with E-state index in [1.54, 1.807) is 6.20 Å². The summed E-state index contributed by atoms with van der Waals surface area (Å²) in [6.45, 7) is 0. The molecule has 5 nitrogen and oxygen atoms in total. The molecule has 27 heavy (non-hydrogen) atoms. The Hall–Kier alpha value is -3.47. The molecule has 0 spiro atoms. The van der Waals surface area contributed by atoms with Crippen molar-refractivity contribution in [1.29, 1.82) is 0 Å². The van der Waals surface area contributed by atoms with Gasteiger partial charge in [-0.05, 0) is 41.5 Å². The lowest BCUT2D eigenvalue weighted by Crippen LogP contribution is -2.08. The van der Waals surface area contributed by atoms with Gasteiger partial charge in [0.1, 0.15) is 5.82 Å². The van der Waals surface area contributed by atoms with Crippen LogP contribution in [-0.2, 0) is 6.42 Å². The quantitative estimate of drug-likeness (QED) is 0.601. The van der Waals surface area contributed by atoms with Crippen molar-refractivity contribution in [2.45, 2.75) is 6.42 Å². The molecule has 3 aromatic heterocycles. The van der Waals surface area contributed by atoms with Crippen molar-refractivity contribution >= 4 is 22.4 Å². The van der Waals surface area contributed by atoms with Crippen LogP contribution in [-0.4, -0.2) is 29.0 Å². The van der Waals surface area contributed by atoms with E-state index in [2.05, 4.69) is 56.3 Å². The van der Waals surface area contributed by atoms with E-state index in [4.69, 9.17) is 5.73 Å². The van der Waals surface area contributed by atoms with Crippen molar-refractivity contribution < 1.29 is 0 Å². The second-order valence-electron chi connectivity index (χ2n) is 6.78. The summed E-state index contributed by atoms with van der Waals surface area (Å²) in [6.07, 6.45) is 6.31. The Kier molecular flexibility index (Phi) is 4.42. The summed E-state index contributed by atoms with van der Waals surface area (Å²) >= 11 is 0. The molecule has 0 amide bonds. The van der Waals surface area contributed by atoms with Crippen molar-refractivity contribution in [3.63, 3.8) is 0 Å². The molecule has 134 valence electrons. The lowest BCUT2D eigenvalue weighted by Gasteiger charge is -2.13. The van der Waals surface area contributed by atoms with Gasteiger partial charge in [-0.2, -0.15) is 0 Å². The maximum Gasteiger partial charge on any atom is 0.133 e. The van der Waals surface area contributed by atoms with E-state index in [0.29, 0.717) is 5.82 Å². The summed E-state index contributed by atoms with van der Waals surface area (Å²) in [6, 6.07) is 16.3. The van der Waals surface area contributed by atoms with Crippen LogP contribution in [0.25, 0.3) is 22.2 Å². The molecule has 0 radical (unpaired) electrons. The summed E-state index contributed by atoms with van der Waals surface area (Å²) in [5, 5.41) is 0.880. The Morgan fingerprint density at radius 1 is 0.963 bits per heavy atom. The van der Waals surface area contributed by atoms with Crippen LogP contribution in [0.2, 0.25) is 0 Å². The van der Waals surface area contributed by atoms with Crippen LogP contribution in [0.5, 0.6) is 0 Å². The Bertz CT molecular complexity index is 1070. The molecular formula is C22H21N5. The van der Waals surface area contributed by atoms with Crippen molar-refractivity contribution in [2.75, 3.05) is 24.7 Å². The SMILES string of the molecule is CN(C)c1ccc(-c2cc3ncc(Cc4cccnc4)cc3c(N)n2)cc1. The van der Waals surface area contributed by atoms with Crippen molar-refractivity contribution in [2.24, 2.45) is 0 Å². The number of hydrogen-bond donors (Lipinski definition) is 1. The van der Waals surface area contributed by atoms with E-state index < -0.39 is 0 Å². The molecule has 0 unspecified atom stereocenters. The van der Waals surface area contributed by atoms with Crippen LogP contribution in [0.3, 0.4) is 0 Å². The van der Waals surface area contributed by atoms with Crippen molar-refractivity contribution in [3.05, 3.63) is 78.2 Å². The number of nitrogens with zero attached hydrogens (tertiary/aromatic N) is 4. The standard InChI is InChI=1S/C22H21N5/c1-27(2)18-7-5-17(6-8-18)20-12-21-19(22(23)26-20)11-16(14-25-21)10-15-4-3-9-24-13-15/h3-9,11-14H,10H2,1-2H3,(H2,23,26). The third kappa shape index (κ3) is 3.58. The summed E-state index contributed by atoms with van der Waals surface area (Å²) in [7, 11) is 4.04. The molecule has 0 bridgehead atoms. The minimum Gasteiger partial charge on any atom is -0.383 e. The van der Waals surface area contributed by atoms with Gasteiger partial charge in [0.2, 0.25) is 0 Å². The van der Waals surface area contributed by atoms with Crippen LogP contribution in [0, 0.1) is 0 Å². The topological polar surface area (TPSA) is 67.9 Å². The summed E-state index contributed by atoms with van der Waals surface area (Å²) in [5.41, 5.74) is 12.3. The van der Waals surface area contributed by atoms with E-state index in [9.17, 15) is 0 Å². The van der Waals surface area contributed by atoms with Gasteiger partial charge in [0, 0.05) is 55.7 Å². The first kappa shape index (κ1) is 17.0. The van der Waals surface area contributed by atoms with Crippen LogP contribution >= 0.6 is 0 Å². The number of hydrogen-bond acceptors (Lipinski definition) is 5. The number of aromatic nitrogens is 3. The van der Waals surface area contributed by atoms with Gasteiger partial charge in [-0.25, -0.2) is 4.98 Å². The fraction of sp³-hybridized carbons (Fsp3) is 0.136. The molecule has 4 rings (SSSR count). The first-order valence-electron chi connectivity index (χ1n) is 8.82. The predicted molar refractivity (Wildman–Crippen MR) is 111 cm³/mol. The molecular weight excluding hydrogens is 334 g/mol. The zero-order valence-corrected chi connectivity index (χ0v) is 15.4. The van der Waals surface area contributed by atoms with Crippen molar-refractivity contribution in [3.8, 4) is 11.3 Å². The molecule has 0 fully saturated rings. The zero-order chi connectivity index (χ0) is 18.8. The first-order valence-corrected chi connectivity index (χ1v) is 8.82. The second-order valence-corrected chi connectivity index (χ2v) is 6.78. The van der Waals surface area contributed by atoms with Gasteiger partial charge in [0.15, 0.2) is 0 Å². The molecule has 4 aromatic rings. The van der Waals surface area contributed by atoms with Crippen LogP contribution in [0.1, 0.15) is 11.1 Å². The minimum absolute atomic E-state index is 0.500. The summed E-state index contributed by atoms with van der Waals surface area (Å²) < 4.78 is 0. The predicted octanol–water partition coefficient (Wildman–Crippen LogP) is 3.93. The third-order valence-electron chi connectivity index (χ3n) is 4.58. The zero-order valence-electron chi connectivity index (χ0n) is 15.4. The Balaban J connectivity index is 1.68. The molecule has 0 saturated heterocycles. The van der Waals surface area contributed by atoms with Gasteiger partial charge in [-0.3, -0.25) is 9.97 Å². The molecule has 0 aliphatic rings. The lowest BCUT2D eigenvalue weighted by atomic mass is 10.1. The number of nitrogen functional groups attached to an aromatic ring is 1. The average Bonchev–Trinajstić information content (AvgIpc) is 2.69. The highest BCUT2D eigenvalue weighted by molar-refractivity contribution is 5.91. The fourth-order valence-corrected chi connectivity index (χ4v) is 3.10. The van der Waals surface area contributed by atoms with Gasteiger partial charge < -0.3 is 10.6 Å². The monoisotopic (exact) mass is 355 g/mol. The number of rotatable bonds is 4. The molecule has 3 heterocycles. The third-order valence-corrected chi connectivity index (χ3v) is 4.58. The first-order chi connectivity index (χ1) is 13.1. The number of nitrogens with two attached hydrogens (primary N) is 1. The molecule has 0 atom stereocenters. The van der Waals surface area contributed by atoms with Crippen molar-refractivity contribution in [1.82, 2.24) is 15.0 Å². The number of anilines is 2. The van der Waals surface area contributed by atoms with Gasteiger partial charge in [0.25, 0.3) is 0 Å². The van der Waals surface area contributed by atoms with Gasteiger partial charge in [-0.1, -0.05) is 18.2 Å². The average molecular weight is 355 g/mol. The molecule has 1 aromatic carbocycles. The fourth-order valence-electron chi connectivity index (χ4n) is 3.10. The molecule has 0 saturated carbocycles. The van der Waals surface area contributed by atoms with Crippen LogP contribution in [0.4, 0.5) is 11.5 Å². The smallest absolute Gasteiger partial charge is 0.133 e. The molecule has 0 aliphatic carbocycles. The van der Waals surface area contributed by atoms with Crippen LogP contribution in [0.15, 0.2) is 67.1 Å². The highest BCUT2D eigenvalue weighted by Gasteiger charge is 2.09. The summed E-state index contributed by atoms with van der Waals surface area (Å²) in [5.74, 6) is 0.500. The Morgan fingerprint density at radius 3 is 2.48 bits per heavy atom. The van der Waals surface area contributed by atoms with E-state index in [0.717, 1.165) is 45.4 Å². The van der Waals surface area contributed by atoms with Gasteiger partial charge >= 0.3 is 0 Å².